The number of ether oxygens (including phenoxy) is 5. The maximum absolute atomic E-state index is 13.4. The molecule has 6 N–H and O–H groups in total. The van der Waals surface area contributed by atoms with Gasteiger partial charge in [0, 0.05) is 12.3 Å². The van der Waals surface area contributed by atoms with Gasteiger partial charge in [-0.05, 0) is 41.8 Å². The summed E-state index contributed by atoms with van der Waals surface area (Å²) in [5, 5.41) is 60.7. The van der Waals surface area contributed by atoms with Gasteiger partial charge in [0.2, 0.25) is 0 Å². The minimum atomic E-state index is -1.76. The molecule has 0 radical (unpaired) electrons. The van der Waals surface area contributed by atoms with Gasteiger partial charge in [0.15, 0.2) is 34.9 Å². The standard InChI is InChI=1S/C26H32O12/c1-34-18-8-13(3-5-16(18)28)7-15-12-36-25(33)26(15,10-14-4-6-17(29)19(9-14)35-2)38-24-23(32)22(31)21(30)20(11-27)37-24/h3-6,8-9,15,20-24,27-32H,7,10-12H2,1-2H3/t15-,20+,21+,22-,23+,24-,26-/m1/s1. The molecule has 12 nitrogen and oxygen atoms in total. The second-order valence-corrected chi connectivity index (χ2v) is 9.39. The predicted molar refractivity (Wildman–Crippen MR) is 129 cm³/mol. The number of esters is 1. The lowest BCUT2D eigenvalue weighted by molar-refractivity contribution is -0.325. The van der Waals surface area contributed by atoms with E-state index in [1.54, 1.807) is 18.2 Å². The number of phenolic OH excluding ortho intramolecular Hbond substituents is 2. The molecule has 2 aromatic rings. The lowest BCUT2D eigenvalue weighted by Gasteiger charge is -2.43. The zero-order chi connectivity index (χ0) is 27.6. The highest BCUT2D eigenvalue weighted by atomic mass is 16.7. The van der Waals surface area contributed by atoms with Gasteiger partial charge in [0.25, 0.3) is 0 Å². The fraction of sp³-hybridized carbons (Fsp3) is 0.500. The first kappa shape index (κ1) is 27.9. The van der Waals surface area contributed by atoms with Crippen LogP contribution in [0.3, 0.4) is 0 Å². The van der Waals surface area contributed by atoms with Gasteiger partial charge in [-0.15, -0.1) is 0 Å². The zero-order valence-corrected chi connectivity index (χ0v) is 20.9. The van der Waals surface area contributed by atoms with Gasteiger partial charge < -0.3 is 54.3 Å². The molecule has 2 heterocycles. The summed E-state index contributed by atoms with van der Waals surface area (Å²) in [6.07, 6.45) is -7.81. The monoisotopic (exact) mass is 536 g/mol. The highest BCUT2D eigenvalue weighted by Gasteiger charge is 2.57. The van der Waals surface area contributed by atoms with E-state index in [2.05, 4.69) is 0 Å². The number of methoxy groups -OCH3 is 2. The normalized spacial score (nSPS) is 31.2. The van der Waals surface area contributed by atoms with Crippen LogP contribution >= 0.6 is 0 Å². The molecule has 208 valence electrons. The molecule has 2 aromatic carbocycles. The molecule has 0 spiro atoms. The number of aromatic hydroxyl groups is 2. The summed E-state index contributed by atoms with van der Waals surface area (Å²) in [6, 6.07) is 9.22. The number of phenols is 2. The number of hydrogen-bond donors (Lipinski definition) is 6. The lowest BCUT2D eigenvalue weighted by Crippen LogP contribution is -2.62. The van der Waals surface area contributed by atoms with E-state index in [9.17, 15) is 35.4 Å². The number of aliphatic hydroxyl groups is 4. The van der Waals surface area contributed by atoms with E-state index in [1.807, 2.05) is 0 Å². The molecule has 2 aliphatic heterocycles. The third-order valence-electron chi connectivity index (χ3n) is 7.03. The lowest BCUT2D eigenvalue weighted by atomic mass is 9.80. The maximum atomic E-state index is 13.4. The Balaban J connectivity index is 1.73. The van der Waals surface area contributed by atoms with Crippen molar-refractivity contribution in [3.8, 4) is 23.0 Å². The number of carbonyl (C=O) groups excluding carboxylic acids is 1. The SMILES string of the molecule is COc1cc(C[C@@H]2COC(=O)[C@]2(Cc2ccc(O)c(OC)c2)O[C@H]2O[C@@H](CO)[C@H](O)[C@@H](O)[C@@H]2O)ccc1O. The first-order valence-electron chi connectivity index (χ1n) is 12.0. The fourth-order valence-electron chi connectivity index (χ4n) is 4.87. The third kappa shape index (κ3) is 5.23. The Hall–Kier alpha value is -3.13. The molecule has 0 unspecified atom stereocenters. The van der Waals surface area contributed by atoms with Crippen LogP contribution in [-0.4, -0.2) is 100 Å². The van der Waals surface area contributed by atoms with Crippen molar-refractivity contribution in [3.05, 3.63) is 47.5 Å². The number of carbonyl (C=O) groups is 1. The summed E-state index contributed by atoms with van der Waals surface area (Å²) in [5.74, 6) is -1.18. The molecule has 0 bridgehead atoms. The third-order valence-corrected chi connectivity index (χ3v) is 7.03. The van der Waals surface area contributed by atoms with Crippen molar-refractivity contribution in [2.24, 2.45) is 5.92 Å². The number of cyclic esters (lactones) is 1. The van der Waals surface area contributed by atoms with Crippen molar-refractivity contribution < 1.29 is 59.1 Å². The Morgan fingerprint density at radius 2 is 1.53 bits per heavy atom. The fourth-order valence-corrected chi connectivity index (χ4v) is 4.87. The molecule has 2 saturated heterocycles. The van der Waals surface area contributed by atoms with E-state index >= 15 is 0 Å². The summed E-state index contributed by atoms with van der Waals surface area (Å²) in [6.45, 7) is -0.733. The smallest absolute Gasteiger partial charge is 0.339 e. The zero-order valence-electron chi connectivity index (χ0n) is 20.9. The first-order valence-corrected chi connectivity index (χ1v) is 12.0. The van der Waals surface area contributed by atoms with Crippen LogP contribution in [0.2, 0.25) is 0 Å². The molecule has 2 fully saturated rings. The van der Waals surface area contributed by atoms with E-state index in [4.69, 9.17) is 23.7 Å². The minimum absolute atomic E-state index is 0.0602. The van der Waals surface area contributed by atoms with Crippen molar-refractivity contribution in [3.63, 3.8) is 0 Å². The minimum Gasteiger partial charge on any atom is -0.504 e. The molecule has 0 amide bonds. The van der Waals surface area contributed by atoms with Gasteiger partial charge in [-0.2, -0.15) is 0 Å². The topological polar surface area (TPSA) is 185 Å². The van der Waals surface area contributed by atoms with E-state index in [1.165, 1.54) is 32.4 Å². The molecule has 38 heavy (non-hydrogen) atoms. The molecule has 7 atom stereocenters. The molecular weight excluding hydrogens is 504 g/mol. The first-order chi connectivity index (χ1) is 18.1. The quantitative estimate of drug-likeness (QED) is 0.229. The Bertz CT molecular complexity index is 1140. The number of aliphatic hydroxyl groups excluding tert-OH is 4. The summed E-state index contributed by atoms with van der Waals surface area (Å²) in [4.78, 5) is 13.4. The van der Waals surface area contributed by atoms with Crippen LogP contribution in [0.25, 0.3) is 0 Å². The number of hydrogen-bond acceptors (Lipinski definition) is 12. The van der Waals surface area contributed by atoms with Gasteiger partial charge in [0.1, 0.15) is 24.4 Å². The van der Waals surface area contributed by atoms with Crippen molar-refractivity contribution in [2.75, 3.05) is 27.4 Å². The van der Waals surface area contributed by atoms with Crippen LogP contribution in [0.15, 0.2) is 36.4 Å². The highest BCUT2D eigenvalue weighted by Crippen LogP contribution is 2.41. The average molecular weight is 537 g/mol. The largest absolute Gasteiger partial charge is 0.504 e. The molecule has 4 rings (SSSR count). The second kappa shape index (κ2) is 11.3. The maximum Gasteiger partial charge on any atom is 0.339 e. The predicted octanol–water partition coefficient (Wildman–Crippen LogP) is -0.371. The average Bonchev–Trinajstić information content (AvgIpc) is 3.20. The Morgan fingerprint density at radius 1 is 0.921 bits per heavy atom. The van der Waals surface area contributed by atoms with Crippen LogP contribution < -0.4 is 9.47 Å². The highest BCUT2D eigenvalue weighted by molar-refractivity contribution is 5.83. The van der Waals surface area contributed by atoms with Gasteiger partial charge in [-0.25, -0.2) is 4.79 Å². The van der Waals surface area contributed by atoms with Crippen LogP contribution in [-0.2, 0) is 31.8 Å². The molecule has 0 aliphatic carbocycles. The number of benzene rings is 2. The summed E-state index contributed by atoms with van der Waals surface area (Å²) >= 11 is 0. The molecule has 2 aliphatic rings. The van der Waals surface area contributed by atoms with Crippen molar-refractivity contribution in [1.82, 2.24) is 0 Å². The van der Waals surface area contributed by atoms with E-state index in [-0.39, 0.29) is 42.4 Å². The van der Waals surface area contributed by atoms with E-state index in [0.717, 1.165) is 0 Å². The van der Waals surface area contributed by atoms with E-state index < -0.39 is 54.8 Å². The van der Waals surface area contributed by atoms with Crippen LogP contribution in [0.4, 0.5) is 0 Å². The summed E-state index contributed by atoms with van der Waals surface area (Å²) in [7, 11) is 2.79. The van der Waals surface area contributed by atoms with Crippen LogP contribution in [0, 0.1) is 5.92 Å². The van der Waals surface area contributed by atoms with Crippen LogP contribution in [0.1, 0.15) is 11.1 Å². The Morgan fingerprint density at radius 3 is 2.13 bits per heavy atom. The summed E-state index contributed by atoms with van der Waals surface area (Å²) < 4.78 is 27.6. The van der Waals surface area contributed by atoms with Gasteiger partial charge in [-0.3, -0.25) is 0 Å². The van der Waals surface area contributed by atoms with Gasteiger partial charge in [0.05, 0.1) is 27.4 Å². The number of rotatable bonds is 9. The molecular formula is C26H32O12. The Kier molecular flexibility index (Phi) is 8.31. The second-order valence-electron chi connectivity index (χ2n) is 9.39. The van der Waals surface area contributed by atoms with Crippen LogP contribution in [0.5, 0.6) is 23.0 Å². The summed E-state index contributed by atoms with van der Waals surface area (Å²) in [5.41, 5.74) is -0.551. The Labute approximate surface area is 218 Å². The van der Waals surface area contributed by atoms with Crippen molar-refractivity contribution >= 4 is 5.97 Å². The van der Waals surface area contributed by atoms with Crippen molar-refractivity contribution in [2.45, 2.75) is 49.1 Å². The van der Waals surface area contributed by atoms with E-state index in [0.29, 0.717) is 11.1 Å². The van der Waals surface area contributed by atoms with Gasteiger partial charge in [-0.1, -0.05) is 12.1 Å². The van der Waals surface area contributed by atoms with Gasteiger partial charge >= 0.3 is 5.97 Å². The molecule has 0 saturated carbocycles. The molecule has 12 heteroatoms. The van der Waals surface area contributed by atoms with Crippen molar-refractivity contribution in [1.29, 1.82) is 0 Å². The molecule has 0 aromatic heterocycles.